The number of thioether (sulfide) groups is 1. The number of rotatable bonds is 2. The molecule has 0 aromatic heterocycles. The van der Waals surface area contributed by atoms with E-state index in [0.29, 0.717) is 0 Å². The first-order valence-electron chi connectivity index (χ1n) is 5.09. The molecule has 2 aromatic rings. The first-order chi connectivity index (χ1) is 7.75. The highest BCUT2D eigenvalue weighted by atomic mass is 32.2. The summed E-state index contributed by atoms with van der Waals surface area (Å²) in [6.45, 7) is 2.01. The van der Waals surface area contributed by atoms with Crippen LogP contribution < -0.4 is 0 Å². The van der Waals surface area contributed by atoms with Crippen LogP contribution in [-0.4, -0.2) is 5.12 Å². The fourth-order valence-electron chi connectivity index (χ4n) is 1.34. The Labute approximate surface area is 99.5 Å². The lowest BCUT2D eigenvalue weighted by Crippen LogP contribution is -1.92. The van der Waals surface area contributed by atoms with Gasteiger partial charge in [0.05, 0.1) is 0 Å². The van der Waals surface area contributed by atoms with Crippen molar-refractivity contribution in [2.75, 3.05) is 0 Å². The SMILES string of the molecule is Cc1ccc(C(=O)Sc2ccccc2)cc1. The molecule has 0 aliphatic rings. The Morgan fingerprint density at radius 3 is 2.19 bits per heavy atom. The second-order valence-corrected chi connectivity index (χ2v) is 4.61. The molecule has 0 heterocycles. The minimum absolute atomic E-state index is 0.0891. The van der Waals surface area contributed by atoms with E-state index in [2.05, 4.69) is 0 Å². The van der Waals surface area contributed by atoms with Crippen molar-refractivity contribution in [3.05, 3.63) is 65.7 Å². The predicted octanol–water partition coefficient (Wildman–Crippen LogP) is 3.93. The van der Waals surface area contributed by atoms with E-state index in [1.807, 2.05) is 61.5 Å². The number of carbonyl (C=O) groups excluding carboxylic acids is 1. The van der Waals surface area contributed by atoms with Crippen LogP contribution in [0.2, 0.25) is 0 Å². The average Bonchev–Trinajstić information content (AvgIpc) is 2.31. The van der Waals surface area contributed by atoms with E-state index >= 15 is 0 Å². The standard InChI is InChI=1S/C14H12OS/c1-11-7-9-12(10-8-11)14(15)16-13-5-3-2-4-6-13/h2-10H,1H3. The van der Waals surface area contributed by atoms with E-state index in [-0.39, 0.29) is 5.12 Å². The third-order valence-electron chi connectivity index (χ3n) is 2.24. The summed E-state index contributed by atoms with van der Waals surface area (Å²) in [6, 6.07) is 17.3. The van der Waals surface area contributed by atoms with Crippen molar-refractivity contribution in [3.8, 4) is 0 Å². The summed E-state index contributed by atoms with van der Waals surface area (Å²) in [5.41, 5.74) is 1.92. The van der Waals surface area contributed by atoms with Crippen molar-refractivity contribution in [2.24, 2.45) is 0 Å². The number of carbonyl (C=O) groups is 1. The van der Waals surface area contributed by atoms with Gasteiger partial charge in [-0.15, -0.1) is 0 Å². The highest BCUT2D eigenvalue weighted by Gasteiger charge is 2.06. The molecule has 2 aromatic carbocycles. The zero-order chi connectivity index (χ0) is 11.4. The maximum absolute atomic E-state index is 11.9. The van der Waals surface area contributed by atoms with Gasteiger partial charge in [0.15, 0.2) is 0 Å². The Morgan fingerprint density at radius 2 is 1.56 bits per heavy atom. The van der Waals surface area contributed by atoms with Gasteiger partial charge in [-0.25, -0.2) is 0 Å². The molecule has 1 nitrogen and oxygen atoms in total. The zero-order valence-corrected chi connectivity index (χ0v) is 9.83. The quantitative estimate of drug-likeness (QED) is 0.724. The van der Waals surface area contributed by atoms with Gasteiger partial charge < -0.3 is 0 Å². The smallest absolute Gasteiger partial charge is 0.224 e. The van der Waals surface area contributed by atoms with Gasteiger partial charge >= 0.3 is 0 Å². The third kappa shape index (κ3) is 2.74. The number of hydrogen-bond donors (Lipinski definition) is 0. The molecule has 0 radical (unpaired) electrons. The molecule has 0 spiro atoms. The minimum Gasteiger partial charge on any atom is -0.281 e. The molecule has 0 saturated carbocycles. The van der Waals surface area contributed by atoms with E-state index in [9.17, 15) is 4.79 Å². The number of hydrogen-bond acceptors (Lipinski definition) is 2. The molecular formula is C14H12OS. The maximum Gasteiger partial charge on any atom is 0.224 e. The molecular weight excluding hydrogens is 216 g/mol. The lowest BCUT2D eigenvalue weighted by atomic mass is 10.2. The van der Waals surface area contributed by atoms with E-state index in [0.717, 1.165) is 10.5 Å². The molecule has 0 amide bonds. The van der Waals surface area contributed by atoms with E-state index < -0.39 is 0 Å². The minimum atomic E-state index is 0.0891. The van der Waals surface area contributed by atoms with E-state index in [4.69, 9.17) is 0 Å². The van der Waals surface area contributed by atoms with Crippen molar-refractivity contribution >= 4 is 16.9 Å². The van der Waals surface area contributed by atoms with Crippen LogP contribution in [0.4, 0.5) is 0 Å². The van der Waals surface area contributed by atoms with Gasteiger partial charge in [-0.2, -0.15) is 0 Å². The monoisotopic (exact) mass is 228 g/mol. The van der Waals surface area contributed by atoms with E-state index in [1.54, 1.807) is 0 Å². The van der Waals surface area contributed by atoms with Gasteiger partial charge in [0.1, 0.15) is 0 Å². The molecule has 0 saturated heterocycles. The predicted molar refractivity (Wildman–Crippen MR) is 67.8 cm³/mol. The Balaban J connectivity index is 2.12. The fourth-order valence-corrected chi connectivity index (χ4v) is 2.11. The number of aryl methyl sites for hydroxylation is 1. The molecule has 80 valence electrons. The normalized spacial score (nSPS) is 10.1. The first-order valence-corrected chi connectivity index (χ1v) is 5.91. The molecule has 2 rings (SSSR count). The Kier molecular flexibility index (Phi) is 3.42. The summed E-state index contributed by atoms with van der Waals surface area (Å²) in [7, 11) is 0. The molecule has 16 heavy (non-hydrogen) atoms. The first kappa shape index (κ1) is 11.0. The van der Waals surface area contributed by atoms with Crippen LogP contribution in [0.15, 0.2) is 59.5 Å². The molecule has 2 heteroatoms. The summed E-state index contributed by atoms with van der Waals surface area (Å²) in [5, 5.41) is 0.0891. The van der Waals surface area contributed by atoms with Gasteiger partial charge in [-0.3, -0.25) is 4.79 Å². The second kappa shape index (κ2) is 4.99. The summed E-state index contributed by atoms with van der Waals surface area (Å²) >= 11 is 1.26. The largest absolute Gasteiger partial charge is 0.281 e. The highest BCUT2D eigenvalue weighted by Crippen LogP contribution is 2.22. The van der Waals surface area contributed by atoms with Crippen LogP contribution >= 0.6 is 11.8 Å². The van der Waals surface area contributed by atoms with Crippen LogP contribution in [0, 0.1) is 6.92 Å². The number of benzene rings is 2. The van der Waals surface area contributed by atoms with Gasteiger partial charge in [-0.1, -0.05) is 48.0 Å². The summed E-state index contributed by atoms with van der Waals surface area (Å²) in [5.74, 6) is 0. The third-order valence-corrected chi connectivity index (χ3v) is 3.17. The topological polar surface area (TPSA) is 17.1 Å². The highest BCUT2D eigenvalue weighted by molar-refractivity contribution is 8.14. The van der Waals surface area contributed by atoms with Crippen molar-refractivity contribution < 1.29 is 4.79 Å². The van der Waals surface area contributed by atoms with Crippen LogP contribution in [0.3, 0.4) is 0 Å². The van der Waals surface area contributed by atoms with Crippen LogP contribution in [0.5, 0.6) is 0 Å². The van der Waals surface area contributed by atoms with Crippen molar-refractivity contribution in [2.45, 2.75) is 11.8 Å². The maximum atomic E-state index is 11.9. The van der Waals surface area contributed by atoms with Gasteiger partial charge in [0, 0.05) is 10.5 Å². The van der Waals surface area contributed by atoms with Crippen molar-refractivity contribution in [3.63, 3.8) is 0 Å². The van der Waals surface area contributed by atoms with Crippen LogP contribution in [0.1, 0.15) is 15.9 Å². The Hall–Kier alpha value is -1.54. The summed E-state index contributed by atoms with van der Waals surface area (Å²) in [4.78, 5) is 12.9. The zero-order valence-electron chi connectivity index (χ0n) is 9.01. The Bertz CT molecular complexity index is 474. The van der Waals surface area contributed by atoms with Gasteiger partial charge in [-0.05, 0) is 30.8 Å². The molecule has 0 N–H and O–H groups in total. The molecule has 0 bridgehead atoms. The molecule has 0 fully saturated rings. The summed E-state index contributed by atoms with van der Waals surface area (Å²) in [6.07, 6.45) is 0. The lowest BCUT2D eigenvalue weighted by Gasteiger charge is -2.01. The second-order valence-electron chi connectivity index (χ2n) is 3.57. The van der Waals surface area contributed by atoms with E-state index in [1.165, 1.54) is 17.3 Å². The lowest BCUT2D eigenvalue weighted by molar-refractivity contribution is 0.108. The van der Waals surface area contributed by atoms with Gasteiger partial charge in [0.25, 0.3) is 0 Å². The van der Waals surface area contributed by atoms with Crippen molar-refractivity contribution in [1.82, 2.24) is 0 Å². The Morgan fingerprint density at radius 1 is 0.938 bits per heavy atom. The van der Waals surface area contributed by atoms with Gasteiger partial charge in [0.2, 0.25) is 5.12 Å². The van der Waals surface area contributed by atoms with Crippen LogP contribution in [-0.2, 0) is 0 Å². The molecule has 0 atom stereocenters. The molecule has 0 aliphatic carbocycles. The molecule has 0 aliphatic heterocycles. The molecule has 0 unspecified atom stereocenters. The fraction of sp³-hybridized carbons (Fsp3) is 0.0714. The van der Waals surface area contributed by atoms with Crippen LogP contribution in [0.25, 0.3) is 0 Å². The average molecular weight is 228 g/mol. The summed E-state index contributed by atoms with van der Waals surface area (Å²) < 4.78 is 0. The van der Waals surface area contributed by atoms with Crippen molar-refractivity contribution in [1.29, 1.82) is 0 Å².